The van der Waals surface area contributed by atoms with Crippen molar-refractivity contribution < 1.29 is 13.6 Å². The summed E-state index contributed by atoms with van der Waals surface area (Å²) in [5.74, 6) is 0.553. The van der Waals surface area contributed by atoms with Crippen molar-refractivity contribution in [3.63, 3.8) is 0 Å². The molecule has 116 valence electrons. The van der Waals surface area contributed by atoms with E-state index in [0.717, 1.165) is 5.69 Å². The Bertz CT molecular complexity index is 684. The van der Waals surface area contributed by atoms with Gasteiger partial charge in [0.15, 0.2) is 0 Å². The summed E-state index contributed by atoms with van der Waals surface area (Å²) in [4.78, 5) is 0. The zero-order valence-electron chi connectivity index (χ0n) is 12.0. The fraction of sp³-hybridized carbons (Fsp3) is 0.143. The lowest BCUT2D eigenvalue weighted by atomic mass is 10.3. The van der Waals surface area contributed by atoms with Crippen LogP contribution in [-0.2, 0) is 20.9 Å². The minimum atomic E-state index is -2.72. The summed E-state index contributed by atoms with van der Waals surface area (Å²) in [6.45, 7) is -2.72. The first-order chi connectivity index (χ1) is 10.5. The van der Waals surface area contributed by atoms with Crippen LogP contribution in [-0.4, -0.2) is 14.2 Å². The van der Waals surface area contributed by atoms with Crippen LogP contribution in [0.2, 0.25) is 5.02 Å². The second-order valence-electron chi connectivity index (χ2n) is 4.07. The molecule has 2 rings (SSSR count). The van der Waals surface area contributed by atoms with E-state index < -0.39 is 6.72 Å². The van der Waals surface area contributed by atoms with E-state index in [4.69, 9.17) is 37.0 Å². The van der Waals surface area contributed by atoms with Crippen molar-refractivity contribution in [2.24, 2.45) is 10.2 Å². The van der Waals surface area contributed by atoms with Gasteiger partial charge in [-0.25, -0.2) is 0 Å². The summed E-state index contributed by atoms with van der Waals surface area (Å²) < 4.78 is 15.7. The van der Waals surface area contributed by atoms with Crippen molar-refractivity contribution in [1.82, 2.24) is 0 Å². The molecule has 0 aromatic heterocycles. The summed E-state index contributed by atoms with van der Waals surface area (Å²) in [7, 11) is 2.91. The second-order valence-corrected chi connectivity index (χ2v) is 7.66. The Labute approximate surface area is 139 Å². The molecule has 0 spiro atoms. The second kappa shape index (κ2) is 7.81. The van der Waals surface area contributed by atoms with Crippen molar-refractivity contribution in [3.05, 3.63) is 53.6 Å². The molecule has 0 aliphatic carbocycles. The molecule has 0 saturated carbocycles. The first kappa shape index (κ1) is 17.1. The molecule has 0 bridgehead atoms. The van der Waals surface area contributed by atoms with E-state index in [0.29, 0.717) is 16.5 Å². The number of hydrogen-bond acceptors (Lipinski definition) is 6. The first-order valence-electron chi connectivity index (χ1n) is 6.23. The molecule has 0 saturated heterocycles. The Morgan fingerprint density at radius 1 is 0.864 bits per heavy atom. The van der Waals surface area contributed by atoms with E-state index in [1.54, 1.807) is 48.5 Å². The Balaban J connectivity index is 2.06. The Morgan fingerprint density at radius 2 is 1.32 bits per heavy atom. The van der Waals surface area contributed by atoms with E-state index >= 15 is 0 Å². The van der Waals surface area contributed by atoms with E-state index in [1.165, 1.54) is 14.2 Å². The quantitative estimate of drug-likeness (QED) is 0.495. The Hall–Kier alpha value is -1.30. The molecule has 0 radical (unpaired) electrons. The molecule has 0 unspecified atom stereocenters. The van der Waals surface area contributed by atoms with Crippen LogP contribution >= 0.6 is 18.3 Å². The van der Waals surface area contributed by atoms with Crippen LogP contribution in [0.15, 0.2) is 58.8 Å². The maximum absolute atomic E-state index is 5.81. The lowest BCUT2D eigenvalue weighted by Gasteiger charge is -2.17. The predicted octanol–water partition coefficient (Wildman–Crippen LogP) is 5.65. The molecule has 2 aromatic carbocycles. The van der Waals surface area contributed by atoms with E-state index in [-0.39, 0.29) is 0 Å². The van der Waals surface area contributed by atoms with Gasteiger partial charge in [-0.15, -0.1) is 0 Å². The fourth-order valence-corrected chi connectivity index (χ4v) is 2.54. The zero-order chi connectivity index (χ0) is 16.0. The standard InChI is InChI=1S/C14H14ClN2O3PS/c1-18-21(22,19-2)20-14-9-7-13(8-10-14)17-16-12-5-3-11(15)4-6-12/h3-10H,1-2H3. The average molecular weight is 357 g/mol. The van der Waals surface area contributed by atoms with Gasteiger partial charge in [0.25, 0.3) is 0 Å². The summed E-state index contributed by atoms with van der Waals surface area (Å²) in [6, 6.07) is 14.1. The van der Waals surface area contributed by atoms with Gasteiger partial charge >= 0.3 is 6.72 Å². The van der Waals surface area contributed by atoms with Crippen LogP contribution in [0.3, 0.4) is 0 Å². The number of azo groups is 1. The van der Waals surface area contributed by atoms with Gasteiger partial charge < -0.3 is 13.6 Å². The lowest BCUT2D eigenvalue weighted by Crippen LogP contribution is -1.96. The minimum Gasteiger partial charge on any atom is -0.424 e. The molecule has 8 heteroatoms. The third kappa shape index (κ3) is 4.87. The Kier molecular flexibility index (Phi) is 6.06. The molecule has 0 atom stereocenters. The molecule has 0 N–H and O–H groups in total. The largest absolute Gasteiger partial charge is 0.424 e. The summed E-state index contributed by atoms with van der Waals surface area (Å²) in [6.07, 6.45) is 0. The van der Waals surface area contributed by atoms with Gasteiger partial charge in [0.05, 0.1) is 11.4 Å². The van der Waals surface area contributed by atoms with Crippen molar-refractivity contribution in [2.45, 2.75) is 0 Å². The third-order valence-electron chi connectivity index (χ3n) is 2.61. The van der Waals surface area contributed by atoms with E-state index in [9.17, 15) is 0 Å². The zero-order valence-corrected chi connectivity index (χ0v) is 14.4. The highest BCUT2D eigenvalue weighted by Gasteiger charge is 2.18. The smallest absolute Gasteiger partial charge is 0.380 e. The van der Waals surface area contributed by atoms with Crippen LogP contribution in [0.25, 0.3) is 0 Å². The normalized spacial score (nSPS) is 11.8. The van der Waals surface area contributed by atoms with E-state index in [1.807, 2.05) is 0 Å². The lowest BCUT2D eigenvalue weighted by molar-refractivity contribution is 0.273. The van der Waals surface area contributed by atoms with Crippen LogP contribution in [0, 0.1) is 0 Å². The monoisotopic (exact) mass is 356 g/mol. The number of nitrogens with zero attached hydrogens (tertiary/aromatic N) is 2. The van der Waals surface area contributed by atoms with E-state index in [2.05, 4.69) is 10.2 Å². The summed E-state index contributed by atoms with van der Waals surface area (Å²) >= 11 is 10.9. The van der Waals surface area contributed by atoms with Crippen LogP contribution < -0.4 is 4.52 Å². The molecule has 0 aliphatic heterocycles. The molecule has 2 aromatic rings. The highest BCUT2D eigenvalue weighted by molar-refractivity contribution is 8.07. The number of benzene rings is 2. The SMILES string of the molecule is COP(=S)(OC)Oc1ccc(N=Nc2ccc(Cl)cc2)cc1. The molecule has 0 amide bonds. The van der Waals surface area contributed by atoms with Gasteiger partial charge in [-0.2, -0.15) is 10.2 Å². The molecule has 5 nitrogen and oxygen atoms in total. The van der Waals surface area contributed by atoms with Crippen molar-refractivity contribution in [2.75, 3.05) is 14.2 Å². The van der Waals surface area contributed by atoms with Gasteiger partial charge in [-0.1, -0.05) is 11.6 Å². The molecule has 0 aliphatic rings. The van der Waals surface area contributed by atoms with Crippen molar-refractivity contribution in [3.8, 4) is 5.75 Å². The molecular weight excluding hydrogens is 343 g/mol. The molecule has 0 fully saturated rings. The Morgan fingerprint density at radius 3 is 1.77 bits per heavy atom. The van der Waals surface area contributed by atoms with Gasteiger partial charge in [0.1, 0.15) is 5.75 Å². The topological polar surface area (TPSA) is 52.4 Å². The average Bonchev–Trinajstić information content (AvgIpc) is 2.55. The van der Waals surface area contributed by atoms with Gasteiger partial charge in [0.2, 0.25) is 0 Å². The summed E-state index contributed by atoms with van der Waals surface area (Å²) in [5.41, 5.74) is 1.41. The van der Waals surface area contributed by atoms with Gasteiger partial charge in [-0.05, 0) is 48.5 Å². The predicted molar refractivity (Wildman–Crippen MR) is 91.0 cm³/mol. The number of rotatable bonds is 6. The van der Waals surface area contributed by atoms with Crippen LogP contribution in [0.4, 0.5) is 11.4 Å². The van der Waals surface area contributed by atoms with Crippen LogP contribution in [0.5, 0.6) is 5.75 Å². The molecule has 0 heterocycles. The van der Waals surface area contributed by atoms with Crippen molar-refractivity contribution in [1.29, 1.82) is 0 Å². The maximum Gasteiger partial charge on any atom is 0.380 e. The minimum absolute atomic E-state index is 0.553. The summed E-state index contributed by atoms with van der Waals surface area (Å²) in [5, 5.41) is 8.91. The fourth-order valence-electron chi connectivity index (χ4n) is 1.48. The number of hydrogen-bond donors (Lipinski definition) is 0. The third-order valence-corrected chi connectivity index (χ3v) is 5.31. The van der Waals surface area contributed by atoms with Gasteiger partial charge in [0, 0.05) is 31.0 Å². The highest BCUT2D eigenvalue weighted by atomic mass is 35.5. The maximum atomic E-state index is 5.81. The molecule has 22 heavy (non-hydrogen) atoms. The molecular formula is C14H14ClN2O3PS. The number of halogens is 1. The van der Waals surface area contributed by atoms with Crippen LogP contribution in [0.1, 0.15) is 0 Å². The highest BCUT2D eigenvalue weighted by Crippen LogP contribution is 2.48. The van der Waals surface area contributed by atoms with Gasteiger partial charge in [-0.3, -0.25) is 0 Å². The first-order valence-corrected chi connectivity index (χ1v) is 9.16. The van der Waals surface area contributed by atoms with Crippen molar-refractivity contribution >= 4 is 41.5 Å².